The fraction of sp³-hybridized carbons (Fsp3) is 0.571. The molecule has 2 aromatic rings. The lowest BCUT2D eigenvalue weighted by atomic mass is 9.83. The van der Waals surface area contributed by atoms with Gasteiger partial charge in [0.15, 0.2) is 5.72 Å². The maximum absolute atomic E-state index is 16.1. The average molecular weight is 1310 g/mol. The third-order valence-electron chi connectivity index (χ3n) is 14.9. The molecule has 0 aromatic heterocycles. The molecule has 7 amide bonds. The van der Waals surface area contributed by atoms with Gasteiger partial charge in [0.2, 0.25) is 17.7 Å². The van der Waals surface area contributed by atoms with Crippen molar-refractivity contribution in [2.45, 2.75) is 145 Å². The summed E-state index contributed by atoms with van der Waals surface area (Å²) in [7, 11) is 4.32. The molecule has 2 aromatic carbocycles. The van der Waals surface area contributed by atoms with E-state index in [1.165, 1.54) is 32.2 Å². The highest BCUT2D eigenvalue weighted by atomic mass is 79.9. The zero-order valence-electron chi connectivity index (χ0n) is 47.7. The summed E-state index contributed by atoms with van der Waals surface area (Å²) in [6, 6.07) is 3.14. The normalized spacial score (nSPS) is 24.9. The smallest absolute Gasteiger partial charge is 0.412 e. The van der Waals surface area contributed by atoms with E-state index in [2.05, 4.69) is 69.1 Å². The van der Waals surface area contributed by atoms with Crippen LogP contribution in [0.5, 0.6) is 5.75 Å². The lowest BCUT2D eigenvalue weighted by Crippen LogP contribution is -2.63. The number of nitrogens with one attached hydrogen (secondary N) is 7. The number of halogens is 4. The van der Waals surface area contributed by atoms with Crippen LogP contribution in [-0.2, 0) is 49.3 Å². The predicted octanol–water partition coefficient (Wildman–Crippen LogP) is 6.05. The quantitative estimate of drug-likeness (QED) is 0.0236. The molecule has 23 nitrogen and oxygen atoms in total. The average Bonchev–Trinajstić information content (AvgIpc) is 1.91. The molecular formula is C56H77Br2ClFN9O14. The van der Waals surface area contributed by atoms with E-state index < -0.39 is 114 Å². The number of primary amides is 1. The number of carbonyl (C=O) groups excluding carboxylic acids is 8. The first-order valence-electron chi connectivity index (χ1n) is 27.1. The number of methoxy groups -OCH3 is 2. The van der Waals surface area contributed by atoms with Crippen LogP contribution < -0.4 is 52.6 Å². The van der Waals surface area contributed by atoms with Gasteiger partial charge in [-0.1, -0.05) is 94.5 Å². The largest absolute Gasteiger partial charge is 0.495 e. The Labute approximate surface area is 504 Å². The van der Waals surface area contributed by atoms with Crippen molar-refractivity contribution in [1.29, 1.82) is 0 Å². The van der Waals surface area contributed by atoms with E-state index in [4.69, 9.17) is 41.0 Å². The molecule has 0 radical (unpaired) electrons. The SMILES string of the molecule is COc1cc2cc(c1Cl)N(C)C(=O)C[C@H](OC(=O)Nc1ccc(NC(=O)[C@H](CCCNC(N)=O)NC(=O)[C@@H](NC(C=O)CCCCNC(C=O)(CBr)CBr)C(C)C)cc1F)[C@]1(C)O[C@H]1[C@H](C)[C@@H]1C[C@@](O)(NC(=O)O1)[C@H](OC)/C=C/C=C(\C)C2. The molecule has 10 atom stereocenters. The van der Waals surface area contributed by atoms with Crippen molar-refractivity contribution in [3.8, 4) is 5.75 Å². The summed E-state index contributed by atoms with van der Waals surface area (Å²) in [5, 5.41) is 31.8. The van der Waals surface area contributed by atoms with Crippen LogP contribution in [0.3, 0.4) is 0 Å². The van der Waals surface area contributed by atoms with Gasteiger partial charge < -0.3 is 70.3 Å². The number of nitrogens with two attached hydrogens (primary N) is 1. The Balaban J connectivity index is 1.34. The van der Waals surface area contributed by atoms with Crippen molar-refractivity contribution in [2.75, 3.05) is 60.6 Å². The number of unbranched alkanes of at least 4 members (excludes halogenated alkanes) is 1. The number of alkyl carbamates (subject to hydrolysis) is 1. The van der Waals surface area contributed by atoms with Gasteiger partial charge >= 0.3 is 18.2 Å². The molecule has 3 aliphatic heterocycles. The topological polar surface area (TPSA) is 320 Å². The first-order chi connectivity index (χ1) is 39.3. The number of benzene rings is 2. The summed E-state index contributed by atoms with van der Waals surface area (Å²) < 4.78 is 45.2. The Morgan fingerprint density at radius 2 is 1.77 bits per heavy atom. The molecule has 27 heteroatoms. The number of alkyl halides is 2. The number of fused-ring (bicyclic) bond motifs is 5. The highest BCUT2D eigenvalue weighted by Crippen LogP contribution is 2.49. The van der Waals surface area contributed by atoms with E-state index in [-0.39, 0.29) is 59.6 Å². The zero-order chi connectivity index (χ0) is 61.4. The first kappa shape index (κ1) is 68.0. The van der Waals surface area contributed by atoms with Gasteiger partial charge in [-0.2, -0.15) is 0 Å². The Morgan fingerprint density at radius 1 is 1.05 bits per heavy atom. The molecule has 83 heavy (non-hydrogen) atoms. The maximum Gasteiger partial charge on any atom is 0.412 e. The molecule has 0 saturated carbocycles. The van der Waals surface area contributed by atoms with Crippen molar-refractivity contribution in [2.24, 2.45) is 17.6 Å². The standard InChI is InChI=1S/C56H77Br2ClFN9O14/c1-31(2)47(64-36(27-70)14-9-10-20-63-55(28-57,29-58)30-71)50(74)66-39(15-12-19-62-51(61)75)49(73)65-35-17-18-38(37(60)24-35)67-52(76)82-44-25-45(72)69(6)40-22-34(23-41(79-7)46(40)59)21-32(3)13-11-16-43(80-8)56(78)26-42(81-53(77)68-56)33(4)48-54(44,5)83-48/h11,13,16-18,22-24,27,30-31,33,36,39,42-44,47-48,63-64,78H,9-10,12,14-15,19-21,25-26,28-29H2,1-8H3,(H,65,73)(H,66,74)(H,67,76)(H,68,77)(H3,61,62,75)/b16-11+,32-13+/t33-,36?,39+,42+,43-,44+,47+,48+,54+,56+/m1/s1. The minimum Gasteiger partial charge on any atom is -0.495 e. The molecule has 3 aliphatic rings. The van der Waals surface area contributed by atoms with E-state index in [0.717, 1.165) is 29.6 Å². The molecule has 458 valence electrons. The van der Waals surface area contributed by atoms with Crippen molar-refractivity contribution in [3.63, 3.8) is 0 Å². The summed E-state index contributed by atoms with van der Waals surface area (Å²) >= 11 is 13.5. The summed E-state index contributed by atoms with van der Waals surface area (Å²) in [5.74, 6) is -3.69. The lowest BCUT2D eigenvalue weighted by molar-refractivity contribution is -0.142. The summed E-state index contributed by atoms with van der Waals surface area (Å²) in [4.78, 5) is 106. The van der Waals surface area contributed by atoms with Gasteiger partial charge in [0.1, 0.15) is 59.1 Å². The van der Waals surface area contributed by atoms with Crippen molar-refractivity contribution in [1.82, 2.24) is 26.6 Å². The third kappa shape index (κ3) is 18.4. The van der Waals surface area contributed by atoms with Gasteiger partial charge in [-0.05, 0) is 94.3 Å². The number of carbonyl (C=O) groups is 8. The number of aldehydes is 2. The molecule has 0 spiro atoms. The van der Waals surface area contributed by atoms with E-state index in [9.17, 15) is 43.5 Å². The fourth-order valence-corrected chi connectivity index (χ4v) is 11.8. The van der Waals surface area contributed by atoms with E-state index in [1.807, 2.05) is 13.0 Å². The number of hydrogen-bond acceptors (Lipinski definition) is 16. The Bertz CT molecular complexity index is 2720. The van der Waals surface area contributed by atoms with Gasteiger partial charge in [-0.3, -0.25) is 30.3 Å². The molecule has 4 bridgehead atoms. The first-order valence-corrected chi connectivity index (χ1v) is 29.8. The highest BCUT2D eigenvalue weighted by Gasteiger charge is 2.64. The van der Waals surface area contributed by atoms with E-state index in [0.29, 0.717) is 49.2 Å². The van der Waals surface area contributed by atoms with Crippen molar-refractivity contribution < 1.29 is 71.5 Å². The number of urea groups is 1. The number of epoxide rings is 1. The van der Waals surface area contributed by atoms with E-state index in [1.54, 1.807) is 52.0 Å². The van der Waals surface area contributed by atoms with Gasteiger partial charge in [0.25, 0.3) is 0 Å². The van der Waals surface area contributed by atoms with E-state index >= 15 is 4.39 Å². The number of aliphatic hydroxyl groups is 1. The number of amides is 7. The second kappa shape index (κ2) is 30.9. The van der Waals surface area contributed by atoms with Gasteiger partial charge in [0, 0.05) is 49.4 Å². The molecule has 10 N–H and O–H groups in total. The van der Waals surface area contributed by atoms with Crippen LogP contribution in [-0.4, -0.2) is 158 Å². The lowest BCUT2D eigenvalue weighted by Gasteiger charge is -2.42. The zero-order valence-corrected chi connectivity index (χ0v) is 51.7. The Hall–Kier alpha value is -5.74. The molecule has 5 rings (SSSR count). The molecule has 3 heterocycles. The fourth-order valence-electron chi connectivity index (χ4n) is 9.90. The third-order valence-corrected chi connectivity index (χ3v) is 17.3. The molecule has 0 aliphatic carbocycles. The van der Waals surface area contributed by atoms with Gasteiger partial charge in [-0.15, -0.1) is 0 Å². The molecule has 2 fully saturated rings. The Kier molecular flexibility index (Phi) is 25.3. The number of anilines is 3. The number of allylic oxidation sites excluding steroid dienone is 3. The number of rotatable bonds is 25. The van der Waals surface area contributed by atoms with Crippen LogP contribution in [0.1, 0.15) is 85.1 Å². The summed E-state index contributed by atoms with van der Waals surface area (Å²) in [6.07, 6.45) is 1.83. The van der Waals surface area contributed by atoms with Crippen LogP contribution in [0.2, 0.25) is 5.02 Å². The van der Waals surface area contributed by atoms with Gasteiger partial charge in [-0.25, -0.2) is 18.8 Å². The minimum atomic E-state index is -1.93. The van der Waals surface area contributed by atoms with Gasteiger partial charge in [0.05, 0.1) is 48.6 Å². The van der Waals surface area contributed by atoms with Crippen molar-refractivity contribution >= 4 is 109 Å². The second-order valence-corrected chi connectivity index (χ2v) is 23.1. The van der Waals surface area contributed by atoms with Crippen molar-refractivity contribution in [3.05, 3.63) is 70.5 Å². The number of hydrogen-bond donors (Lipinski definition) is 9. The molecular weight excluding hydrogens is 1240 g/mol. The number of ether oxygens (including phenoxy) is 5. The summed E-state index contributed by atoms with van der Waals surface area (Å²) in [5.41, 5.74) is 2.53. The Morgan fingerprint density at radius 3 is 2.40 bits per heavy atom. The predicted molar refractivity (Wildman–Crippen MR) is 316 cm³/mol. The maximum atomic E-state index is 16.1. The minimum absolute atomic E-state index is 0.00440. The van der Waals surface area contributed by atoms with Crippen LogP contribution >= 0.6 is 43.5 Å². The monoisotopic (exact) mass is 1310 g/mol. The van der Waals surface area contributed by atoms with Crippen LogP contribution in [0, 0.1) is 17.7 Å². The van der Waals surface area contributed by atoms with Crippen LogP contribution in [0.4, 0.5) is 35.8 Å². The second-order valence-electron chi connectivity index (χ2n) is 21.6. The number of nitrogens with zero attached hydrogens (tertiary/aromatic N) is 1. The molecule has 2 saturated heterocycles. The van der Waals surface area contributed by atoms with Crippen LogP contribution in [0.15, 0.2) is 54.1 Å². The molecule has 1 unspecified atom stereocenters. The highest BCUT2D eigenvalue weighted by molar-refractivity contribution is 9.10. The summed E-state index contributed by atoms with van der Waals surface area (Å²) in [6.45, 7) is 9.29. The van der Waals surface area contributed by atoms with Crippen LogP contribution in [0.25, 0.3) is 0 Å².